The number of hydrogen-bond donors (Lipinski definition) is 0. The standard InChI is InChI=1S/C49H34/c1-49(2)47-30-41-19-14-34(31-8-4-3-5-9-31)28-43(41)29-46(47)45-23-21-42-27-40(20-22-44(42)48(45)49)39-18-17-37-25-36(15-16-38(37)26-39)35-13-12-32-10-6-7-11-33(32)24-35/h3-30H,1-2H3. The number of rotatable bonds is 3. The molecule has 1 aliphatic carbocycles. The second-order valence-electron chi connectivity index (χ2n) is 14.2. The van der Waals surface area contributed by atoms with Crippen LogP contribution >= 0.6 is 0 Å². The van der Waals surface area contributed by atoms with E-state index in [0.717, 1.165) is 0 Å². The predicted molar refractivity (Wildman–Crippen MR) is 210 cm³/mol. The van der Waals surface area contributed by atoms with Gasteiger partial charge in [-0.15, -0.1) is 0 Å². The molecule has 0 atom stereocenters. The zero-order valence-corrected chi connectivity index (χ0v) is 27.7. The van der Waals surface area contributed by atoms with E-state index in [1.165, 1.54) is 98.7 Å². The fraction of sp³-hybridized carbons (Fsp3) is 0.0612. The Kier molecular flexibility index (Phi) is 6.02. The van der Waals surface area contributed by atoms with Crippen molar-refractivity contribution in [3.8, 4) is 44.5 Å². The molecule has 0 N–H and O–H groups in total. The maximum absolute atomic E-state index is 2.43. The van der Waals surface area contributed by atoms with Crippen molar-refractivity contribution < 1.29 is 0 Å². The largest absolute Gasteiger partial charge is 0.0622 e. The Labute approximate surface area is 286 Å². The van der Waals surface area contributed by atoms with Crippen molar-refractivity contribution >= 4 is 43.1 Å². The molecule has 0 amide bonds. The summed E-state index contributed by atoms with van der Waals surface area (Å²) in [5.74, 6) is 0. The Morgan fingerprint density at radius 2 is 0.776 bits per heavy atom. The van der Waals surface area contributed by atoms with Crippen LogP contribution in [-0.4, -0.2) is 0 Å². The summed E-state index contributed by atoms with van der Waals surface area (Å²) >= 11 is 0. The first kappa shape index (κ1) is 28.1. The van der Waals surface area contributed by atoms with Gasteiger partial charge in [-0.25, -0.2) is 0 Å². The van der Waals surface area contributed by atoms with Crippen LogP contribution in [0, 0.1) is 0 Å². The van der Waals surface area contributed by atoms with Gasteiger partial charge >= 0.3 is 0 Å². The zero-order chi connectivity index (χ0) is 32.7. The second-order valence-corrected chi connectivity index (χ2v) is 14.2. The highest BCUT2D eigenvalue weighted by molar-refractivity contribution is 6.03. The molecule has 1 aliphatic rings. The van der Waals surface area contributed by atoms with Crippen LogP contribution in [0.1, 0.15) is 25.0 Å². The van der Waals surface area contributed by atoms with E-state index in [1.54, 1.807) is 0 Å². The van der Waals surface area contributed by atoms with Gasteiger partial charge in [-0.3, -0.25) is 0 Å². The average Bonchev–Trinajstić information content (AvgIpc) is 3.38. The molecule has 9 aromatic rings. The minimum absolute atomic E-state index is 0.0936. The van der Waals surface area contributed by atoms with E-state index in [2.05, 4.69) is 184 Å². The highest BCUT2D eigenvalue weighted by Crippen LogP contribution is 2.52. The molecule has 0 radical (unpaired) electrons. The zero-order valence-electron chi connectivity index (χ0n) is 27.7. The molecule has 0 saturated carbocycles. The van der Waals surface area contributed by atoms with Crippen LogP contribution in [0.15, 0.2) is 170 Å². The molecule has 0 fully saturated rings. The maximum Gasteiger partial charge on any atom is 0.0165 e. The lowest BCUT2D eigenvalue weighted by molar-refractivity contribution is 0.667. The molecule has 0 unspecified atom stereocenters. The van der Waals surface area contributed by atoms with Gasteiger partial charge in [0, 0.05) is 5.41 Å². The molecular formula is C49H34. The van der Waals surface area contributed by atoms with E-state index in [-0.39, 0.29) is 5.41 Å². The lowest BCUT2D eigenvalue weighted by Crippen LogP contribution is -2.15. The monoisotopic (exact) mass is 622 g/mol. The minimum Gasteiger partial charge on any atom is -0.0622 e. The summed E-state index contributed by atoms with van der Waals surface area (Å²) in [6.45, 7) is 4.79. The number of benzene rings is 9. The smallest absolute Gasteiger partial charge is 0.0165 e. The van der Waals surface area contributed by atoms with Crippen molar-refractivity contribution in [1.29, 1.82) is 0 Å². The third kappa shape index (κ3) is 4.45. The van der Waals surface area contributed by atoms with E-state index < -0.39 is 0 Å². The molecule has 0 heterocycles. The number of fused-ring (bicyclic) bond motifs is 8. The van der Waals surface area contributed by atoms with E-state index in [4.69, 9.17) is 0 Å². The van der Waals surface area contributed by atoms with E-state index >= 15 is 0 Å². The Morgan fingerprint density at radius 3 is 1.45 bits per heavy atom. The third-order valence-electron chi connectivity index (χ3n) is 10.9. The minimum atomic E-state index is -0.0936. The Morgan fingerprint density at radius 1 is 0.306 bits per heavy atom. The van der Waals surface area contributed by atoms with Gasteiger partial charge in [-0.2, -0.15) is 0 Å². The van der Waals surface area contributed by atoms with Crippen molar-refractivity contribution in [3.05, 3.63) is 181 Å². The van der Waals surface area contributed by atoms with Gasteiger partial charge in [0.05, 0.1) is 0 Å². The molecular weight excluding hydrogens is 589 g/mol. The summed E-state index contributed by atoms with van der Waals surface area (Å²) in [5, 5.41) is 10.3. The molecule has 9 aromatic carbocycles. The molecule has 0 aromatic heterocycles. The first-order chi connectivity index (χ1) is 24.0. The predicted octanol–water partition coefficient (Wildman–Crippen LogP) is 13.6. The van der Waals surface area contributed by atoms with Crippen LogP contribution in [0.25, 0.3) is 87.6 Å². The quantitative estimate of drug-likeness (QED) is 0.184. The summed E-state index contributed by atoms with van der Waals surface area (Å²) in [5.41, 5.74) is 13.0. The molecule has 0 heteroatoms. The van der Waals surface area contributed by atoms with E-state index in [1.807, 2.05) is 0 Å². The summed E-state index contributed by atoms with van der Waals surface area (Å²) in [6, 6.07) is 63.2. The third-order valence-corrected chi connectivity index (χ3v) is 10.9. The van der Waals surface area contributed by atoms with Gasteiger partial charge in [-0.05, 0) is 141 Å². The van der Waals surface area contributed by atoms with Gasteiger partial charge in [-0.1, -0.05) is 141 Å². The van der Waals surface area contributed by atoms with Crippen molar-refractivity contribution in [2.24, 2.45) is 0 Å². The summed E-state index contributed by atoms with van der Waals surface area (Å²) < 4.78 is 0. The first-order valence-electron chi connectivity index (χ1n) is 17.2. The Balaban J connectivity index is 1.02. The summed E-state index contributed by atoms with van der Waals surface area (Å²) in [7, 11) is 0. The van der Waals surface area contributed by atoms with Gasteiger partial charge in [0.25, 0.3) is 0 Å². The van der Waals surface area contributed by atoms with Gasteiger partial charge in [0.1, 0.15) is 0 Å². The van der Waals surface area contributed by atoms with Crippen LogP contribution < -0.4 is 0 Å². The van der Waals surface area contributed by atoms with Gasteiger partial charge in [0.2, 0.25) is 0 Å². The maximum atomic E-state index is 2.43. The summed E-state index contributed by atoms with van der Waals surface area (Å²) in [6.07, 6.45) is 0. The van der Waals surface area contributed by atoms with E-state index in [9.17, 15) is 0 Å². The lowest BCUT2D eigenvalue weighted by Gasteiger charge is -2.23. The topological polar surface area (TPSA) is 0 Å². The van der Waals surface area contributed by atoms with Gasteiger partial charge < -0.3 is 0 Å². The molecule has 10 rings (SSSR count). The van der Waals surface area contributed by atoms with Crippen LogP contribution in [0.2, 0.25) is 0 Å². The van der Waals surface area contributed by atoms with Crippen molar-refractivity contribution in [1.82, 2.24) is 0 Å². The van der Waals surface area contributed by atoms with Crippen LogP contribution in [-0.2, 0) is 5.41 Å². The van der Waals surface area contributed by atoms with Crippen molar-refractivity contribution in [2.75, 3.05) is 0 Å². The molecule has 0 saturated heterocycles. The molecule has 0 nitrogen and oxygen atoms in total. The fourth-order valence-corrected chi connectivity index (χ4v) is 8.36. The molecule has 0 spiro atoms. The average molecular weight is 623 g/mol. The highest BCUT2D eigenvalue weighted by atomic mass is 14.4. The van der Waals surface area contributed by atoms with Gasteiger partial charge in [0.15, 0.2) is 0 Å². The Hall–Kier alpha value is -5.98. The summed E-state index contributed by atoms with van der Waals surface area (Å²) in [4.78, 5) is 0. The first-order valence-corrected chi connectivity index (χ1v) is 17.2. The van der Waals surface area contributed by atoms with Crippen molar-refractivity contribution in [3.63, 3.8) is 0 Å². The second kappa shape index (κ2) is 10.5. The lowest BCUT2D eigenvalue weighted by atomic mass is 9.79. The molecule has 0 bridgehead atoms. The fourth-order valence-electron chi connectivity index (χ4n) is 8.36. The van der Waals surface area contributed by atoms with Crippen LogP contribution in [0.3, 0.4) is 0 Å². The molecule has 230 valence electrons. The van der Waals surface area contributed by atoms with Crippen LogP contribution in [0.5, 0.6) is 0 Å². The van der Waals surface area contributed by atoms with E-state index in [0.29, 0.717) is 0 Å². The van der Waals surface area contributed by atoms with Crippen molar-refractivity contribution in [2.45, 2.75) is 19.3 Å². The SMILES string of the molecule is CC1(C)c2cc3ccc(-c4ccccc4)cc3cc2-c2ccc3cc(-c4ccc5cc(-c6ccc7ccccc7c6)ccc5c4)ccc3c21. The molecule has 0 aliphatic heterocycles. The Bertz CT molecular complexity index is 2780. The normalized spacial score (nSPS) is 13.3. The van der Waals surface area contributed by atoms with Crippen LogP contribution in [0.4, 0.5) is 0 Å². The number of hydrogen-bond acceptors (Lipinski definition) is 0. The molecule has 49 heavy (non-hydrogen) atoms. The highest BCUT2D eigenvalue weighted by Gasteiger charge is 2.37.